The quantitative estimate of drug-likeness (QED) is 0.823. The fourth-order valence-corrected chi connectivity index (χ4v) is 2.19. The summed E-state index contributed by atoms with van der Waals surface area (Å²) < 4.78 is 3.12. The second-order valence-electron chi connectivity index (χ2n) is 3.84. The molecule has 1 rings (SSSR count). The number of halogens is 1. The Morgan fingerprint density at radius 1 is 1.40 bits per heavy atom. The molecule has 0 atom stereocenters. The van der Waals surface area contributed by atoms with Gasteiger partial charge >= 0.3 is 0 Å². The first kappa shape index (κ1) is 12.7. The fourth-order valence-electron chi connectivity index (χ4n) is 1.73. The second kappa shape index (κ2) is 5.66. The molecule has 0 N–H and O–H groups in total. The van der Waals surface area contributed by atoms with Gasteiger partial charge in [0, 0.05) is 13.6 Å². The van der Waals surface area contributed by atoms with E-state index in [2.05, 4.69) is 39.8 Å². The molecular weight excluding hydrogens is 254 g/mol. The Balaban J connectivity index is 2.78. The summed E-state index contributed by atoms with van der Waals surface area (Å²) in [5, 5.41) is 4.40. The van der Waals surface area contributed by atoms with Crippen LogP contribution in [0.3, 0.4) is 0 Å². The van der Waals surface area contributed by atoms with Crippen molar-refractivity contribution in [3.8, 4) is 0 Å². The summed E-state index contributed by atoms with van der Waals surface area (Å²) >= 11 is 3.60. The van der Waals surface area contributed by atoms with Gasteiger partial charge in [-0.25, -0.2) is 0 Å². The van der Waals surface area contributed by atoms with E-state index in [4.69, 9.17) is 0 Å². The van der Waals surface area contributed by atoms with Crippen LogP contribution in [-0.2, 0) is 13.6 Å². The summed E-state index contributed by atoms with van der Waals surface area (Å²) in [5.41, 5.74) is 2.34. The highest BCUT2D eigenvalue weighted by Gasteiger charge is 2.13. The third-order valence-electron chi connectivity index (χ3n) is 2.62. The average molecular weight is 274 g/mol. The van der Waals surface area contributed by atoms with Crippen LogP contribution in [0.2, 0.25) is 0 Å². The van der Waals surface area contributed by atoms with Gasteiger partial charge < -0.3 is 0 Å². The van der Waals surface area contributed by atoms with Gasteiger partial charge in [0.1, 0.15) is 0 Å². The van der Waals surface area contributed by atoms with Gasteiger partial charge in [-0.3, -0.25) is 9.58 Å². The molecule has 0 amide bonds. The van der Waals surface area contributed by atoms with Gasteiger partial charge in [-0.15, -0.1) is 0 Å². The lowest BCUT2D eigenvalue weighted by molar-refractivity contribution is 0.272. The van der Waals surface area contributed by atoms with Crippen LogP contribution in [0, 0.1) is 6.92 Å². The number of aromatic nitrogens is 2. The third kappa shape index (κ3) is 3.05. The van der Waals surface area contributed by atoms with Crippen molar-refractivity contribution in [1.82, 2.24) is 14.7 Å². The zero-order valence-electron chi connectivity index (χ0n) is 10.0. The van der Waals surface area contributed by atoms with E-state index < -0.39 is 0 Å². The molecule has 15 heavy (non-hydrogen) atoms. The standard InChI is InChI=1S/C11H20BrN3/c1-5-7-15(6-2)8-10-11(12)9(3)13-14(10)4/h5-8H2,1-4H3. The van der Waals surface area contributed by atoms with Gasteiger partial charge in [-0.05, 0) is 42.4 Å². The van der Waals surface area contributed by atoms with Crippen LogP contribution < -0.4 is 0 Å². The smallest absolute Gasteiger partial charge is 0.0739 e. The SMILES string of the molecule is CCCN(CC)Cc1c(Br)c(C)nn1C. The van der Waals surface area contributed by atoms with Gasteiger partial charge in [0.15, 0.2) is 0 Å². The summed E-state index contributed by atoms with van der Waals surface area (Å²) in [6.07, 6.45) is 1.20. The zero-order chi connectivity index (χ0) is 11.4. The van der Waals surface area contributed by atoms with E-state index in [-0.39, 0.29) is 0 Å². The molecule has 1 heterocycles. The summed E-state index contributed by atoms with van der Waals surface area (Å²) in [5.74, 6) is 0. The predicted octanol–water partition coefficient (Wildman–Crippen LogP) is 2.72. The van der Waals surface area contributed by atoms with Crippen LogP contribution in [0.5, 0.6) is 0 Å². The monoisotopic (exact) mass is 273 g/mol. The van der Waals surface area contributed by atoms with Gasteiger partial charge in [-0.1, -0.05) is 13.8 Å². The highest BCUT2D eigenvalue weighted by Crippen LogP contribution is 2.21. The van der Waals surface area contributed by atoms with E-state index in [0.717, 1.165) is 29.8 Å². The molecule has 0 aliphatic carbocycles. The number of rotatable bonds is 5. The molecule has 0 spiro atoms. The van der Waals surface area contributed by atoms with E-state index in [9.17, 15) is 0 Å². The van der Waals surface area contributed by atoms with Crippen molar-refractivity contribution in [2.45, 2.75) is 33.7 Å². The number of hydrogen-bond acceptors (Lipinski definition) is 2. The van der Waals surface area contributed by atoms with Gasteiger partial charge in [0.25, 0.3) is 0 Å². The van der Waals surface area contributed by atoms with Gasteiger partial charge in [-0.2, -0.15) is 5.10 Å². The second-order valence-corrected chi connectivity index (χ2v) is 4.63. The first-order valence-corrected chi connectivity index (χ1v) is 6.29. The first-order chi connectivity index (χ1) is 7.10. The van der Waals surface area contributed by atoms with Crippen LogP contribution >= 0.6 is 15.9 Å². The van der Waals surface area contributed by atoms with Crippen molar-refractivity contribution in [2.24, 2.45) is 7.05 Å². The van der Waals surface area contributed by atoms with Crippen LogP contribution in [0.15, 0.2) is 4.47 Å². The van der Waals surface area contributed by atoms with Crippen molar-refractivity contribution < 1.29 is 0 Å². The fraction of sp³-hybridized carbons (Fsp3) is 0.727. The molecule has 0 bridgehead atoms. The molecule has 1 aromatic heterocycles. The maximum atomic E-state index is 4.40. The lowest BCUT2D eigenvalue weighted by atomic mass is 10.3. The van der Waals surface area contributed by atoms with Crippen LogP contribution in [0.25, 0.3) is 0 Å². The summed E-state index contributed by atoms with van der Waals surface area (Å²) in [6.45, 7) is 9.66. The molecule has 0 radical (unpaired) electrons. The minimum Gasteiger partial charge on any atom is -0.298 e. The Bertz CT molecular complexity index is 320. The first-order valence-electron chi connectivity index (χ1n) is 5.50. The topological polar surface area (TPSA) is 21.1 Å². The van der Waals surface area contributed by atoms with Crippen LogP contribution in [-0.4, -0.2) is 27.8 Å². The van der Waals surface area contributed by atoms with Crippen molar-refractivity contribution >= 4 is 15.9 Å². The largest absolute Gasteiger partial charge is 0.298 e. The molecule has 0 unspecified atom stereocenters. The lowest BCUT2D eigenvalue weighted by Gasteiger charge is -2.19. The average Bonchev–Trinajstić information content (AvgIpc) is 2.44. The van der Waals surface area contributed by atoms with Crippen LogP contribution in [0.4, 0.5) is 0 Å². The van der Waals surface area contributed by atoms with Crippen molar-refractivity contribution in [3.63, 3.8) is 0 Å². The van der Waals surface area contributed by atoms with Crippen LogP contribution in [0.1, 0.15) is 31.7 Å². The van der Waals surface area contributed by atoms with Crippen molar-refractivity contribution in [2.75, 3.05) is 13.1 Å². The molecular formula is C11H20BrN3. The van der Waals surface area contributed by atoms with E-state index >= 15 is 0 Å². The molecule has 0 fully saturated rings. The summed E-state index contributed by atoms with van der Waals surface area (Å²) in [7, 11) is 2.01. The minimum absolute atomic E-state index is 0.974. The molecule has 0 saturated carbocycles. The molecule has 0 aromatic carbocycles. The molecule has 86 valence electrons. The third-order valence-corrected chi connectivity index (χ3v) is 3.65. The molecule has 1 aromatic rings. The number of hydrogen-bond donors (Lipinski definition) is 0. The highest BCUT2D eigenvalue weighted by molar-refractivity contribution is 9.10. The summed E-state index contributed by atoms with van der Waals surface area (Å²) in [4.78, 5) is 2.43. The zero-order valence-corrected chi connectivity index (χ0v) is 11.6. The molecule has 4 heteroatoms. The Morgan fingerprint density at radius 2 is 2.07 bits per heavy atom. The van der Waals surface area contributed by atoms with Crippen molar-refractivity contribution in [3.05, 3.63) is 15.9 Å². The predicted molar refractivity (Wildman–Crippen MR) is 66.9 cm³/mol. The molecule has 0 aliphatic heterocycles. The lowest BCUT2D eigenvalue weighted by Crippen LogP contribution is -2.25. The normalized spacial score (nSPS) is 11.3. The highest BCUT2D eigenvalue weighted by atomic mass is 79.9. The van der Waals surface area contributed by atoms with E-state index in [0.29, 0.717) is 0 Å². The Morgan fingerprint density at radius 3 is 2.47 bits per heavy atom. The Kier molecular flexibility index (Phi) is 4.80. The number of aryl methyl sites for hydroxylation is 2. The van der Waals surface area contributed by atoms with Gasteiger partial charge in [0.2, 0.25) is 0 Å². The maximum Gasteiger partial charge on any atom is 0.0739 e. The summed E-state index contributed by atoms with van der Waals surface area (Å²) in [6, 6.07) is 0. The van der Waals surface area contributed by atoms with Crippen molar-refractivity contribution in [1.29, 1.82) is 0 Å². The van der Waals surface area contributed by atoms with Gasteiger partial charge in [0.05, 0.1) is 15.9 Å². The maximum absolute atomic E-state index is 4.40. The molecule has 0 saturated heterocycles. The van der Waals surface area contributed by atoms with E-state index in [1.807, 2.05) is 18.7 Å². The van der Waals surface area contributed by atoms with E-state index in [1.165, 1.54) is 12.1 Å². The molecule has 0 aliphatic rings. The van der Waals surface area contributed by atoms with E-state index in [1.54, 1.807) is 0 Å². The Labute approximate surface area is 101 Å². The Hall–Kier alpha value is -0.350. The minimum atomic E-state index is 0.974. The number of nitrogens with zero attached hydrogens (tertiary/aromatic N) is 3. The molecule has 3 nitrogen and oxygen atoms in total.